The Balaban J connectivity index is 2.62. The first-order chi connectivity index (χ1) is 6.16. The molecule has 68 valence electrons. The Bertz CT molecular complexity index is 431. The standard InChI is InChI=1S/C10H12N2S/c1-6(2)10-12-8-4-7(3)11-5-9(8)13-10/h4-6H,1-3H3. The fraction of sp³-hybridized carbons (Fsp3) is 0.400. The summed E-state index contributed by atoms with van der Waals surface area (Å²) in [4.78, 5) is 8.80. The van der Waals surface area contributed by atoms with E-state index in [1.54, 1.807) is 11.3 Å². The molecule has 2 heterocycles. The minimum Gasteiger partial charge on any atom is -0.260 e. The van der Waals surface area contributed by atoms with Gasteiger partial charge in [0, 0.05) is 17.8 Å². The number of aryl methyl sites for hydroxylation is 1. The molecule has 2 aromatic rings. The lowest BCUT2D eigenvalue weighted by molar-refractivity contribution is 0.856. The average Bonchev–Trinajstić information content (AvgIpc) is 2.46. The molecule has 2 nitrogen and oxygen atoms in total. The molecule has 0 saturated carbocycles. The summed E-state index contributed by atoms with van der Waals surface area (Å²) < 4.78 is 1.19. The first kappa shape index (κ1) is 8.63. The first-order valence-electron chi connectivity index (χ1n) is 4.40. The molecule has 0 fully saturated rings. The van der Waals surface area contributed by atoms with Crippen LogP contribution >= 0.6 is 11.3 Å². The topological polar surface area (TPSA) is 25.8 Å². The van der Waals surface area contributed by atoms with Crippen LogP contribution in [-0.4, -0.2) is 9.97 Å². The highest BCUT2D eigenvalue weighted by Crippen LogP contribution is 2.26. The Morgan fingerprint density at radius 2 is 2.15 bits per heavy atom. The molecule has 0 aromatic carbocycles. The number of pyridine rings is 1. The second kappa shape index (κ2) is 3.07. The van der Waals surface area contributed by atoms with Gasteiger partial charge in [0.15, 0.2) is 0 Å². The molecule has 0 N–H and O–H groups in total. The van der Waals surface area contributed by atoms with E-state index in [-0.39, 0.29) is 0 Å². The molecule has 3 heteroatoms. The lowest BCUT2D eigenvalue weighted by Gasteiger charge is -1.94. The predicted octanol–water partition coefficient (Wildman–Crippen LogP) is 3.12. The van der Waals surface area contributed by atoms with E-state index in [9.17, 15) is 0 Å². The fourth-order valence-electron chi connectivity index (χ4n) is 1.20. The lowest BCUT2D eigenvalue weighted by atomic mass is 10.2. The van der Waals surface area contributed by atoms with Crippen LogP contribution < -0.4 is 0 Å². The van der Waals surface area contributed by atoms with Gasteiger partial charge in [-0.2, -0.15) is 0 Å². The molecule has 0 aliphatic carbocycles. The Kier molecular flexibility index (Phi) is 2.04. The van der Waals surface area contributed by atoms with E-state index < -0.39 is 0 Å². The van der Waals surface area contributed by atoms with Gasteiger partial charge in [-0.25, -0.2) is 4.98 Å². The van der Waals surface area contributed by atoms with Crippen LogP contribution in [0.1, 0.15) is 30.5 Å². The summed E-state index contributed by atoms with van der Waals surface area (Å²) >= 11 is 1.74. The highest BCUT2D eigenvalue weighted by atomic mass is 32.1. The van der Waals surface area contributed by atoms with Crippen LogP contribution in [0.5, 0.6) is 0 Å². The zero-order valence-corrected chi connectivity index (χ0v) is 8.85. The minimum absolute atomic E-state index is 0.512. The summed E-state index contributed by atoms with van der Waals surface area (Å²) in [7, 11) is 0. The SMILES string of the molecule is Cc1cc2nc(C(C)C)sc2cn1. The summed E-state index contributed by atoms with van der Waals surface area (Å²) in [6.07, 6.45) is 1.91. The van der Waals surface area contributed by atoms with Crippen molar-refractivity contribution in [2.45, 2.75) is 26.7 Å². The fourth-order valence-corrected chi connectivity index (χ4v) is 2.12. The Morgan fingerprint density at radius 3 is 2.85 bits per heavy atom. The molecule has 0 saturated heterocycles. The summed E-state index contributed by atoms with van der Waals surface area (Å²) in [5.74, 6) is 0.512. The molecule has 0 radical (unpaired) electrons. The maximum absolute atomic E-state index is 4.55. The molecule has 0 amide bonds. The van der Waals surface area contributed by atoms with Gasteiger partial charge in [-0.15, -0.1) is 11.3 Å². The highest BCUT2D eigenvalue weighted by molar-refractivity contribution is 7.18. The highest BCUT2D eigenvalue weighted by Gasteiger charge is 2.06. The van der Waals surface area contributed by atoms with Gasteiger partial charge in [-0.3, -0.25) is 4.98 Å². The smallest absolute Gasteiger partial charge is 0.0964 e. The summed E-state index contributed by atoms with van der Waals surface area (Å²) in [6, 6.07) is 2.04. The van der Waals surface area contributed by atoms with E-state index in [0.29, 0.717) is 5.92 Å². The third-order valence-electron chi connectivity index (χ3n) is 1.92. The van der Waals surface area contributed by atoms with Crippen LogP contribution in [-0.2, 0) is 0 Å². The van der Waals surface area contributed by atoms with Crippen molar-refractivity contribution in [3.05, 3.63) is 23.0 Å². The molecule has 13 heavy (non-hydrogen) atoms. The van der Waals surface area contributed by atoms with Crippen molar-refractivity contribution < 1.29 is 0 Å². The molecular weight excluding hydrogens is 180 g/mol. The van der Waals surface area contributed by atoms with Crippen LogP contribution in [0.25, 0.3) is 10.2 Å². The van der Waals surface area contributed by atoms with Crippen LogP contribution in [0.3, 0.4) is 0 Å². The van der Waals surface area contributed by atoms with E-state index in [1.165, 1.54) is 9.71 Å². The first-order valence-corrected chi connectivity index (χ1v) is 5.21. The van der Waals surface area contributed by atoms with Crippen molar-refractivity contribution in [3.63, 3.8) is 0 Å². The van der Waals surface area contributed by atoms with Gasteiger partial charge in [-0.1, -0.05) is 13.8 Å². The second-order valence-electron chi connectivity index (χ2n) is 3.50. The van der Waals surface area contributed by atoms with Crippen molar-refractivity contribution in [1.29, 1.82) is 0 Å². The van der Waals surface area contributed by atoms with E-state index in [2.05, 4.69) is 23.8 Å². The number of nitrogens with zero attached hydrogens (tertiary/aromatic N) is 2. The van der Waals surface area contributed by atoms with Crippen LogP contribution in [0.15, 0.2) is 12.3 Å². The van der Waals surface area contributed by atoms with Crippen LogP contribution in [0, 0.1) is 6.92 Å². The Hall–Kier alpha value is -0.960. The zero-order valence-electron chi connectivity index (χ0n) is 8.03. The number of fused-ring (bicyclic) bond motifs is 1. The lowest BCUT2D eigenvalue weighted by Crippen LogP contribution is -1.83. The van der Waals surface area contributed by atoms with Gasteiger partial charge in [-0.05, 0) is 13.0 Å². The Morgan fingerprint density at radius 1 is 1.38 bits per heavy atom. The summed E-state index contributed by atoms with van der Waals surface area (Å²) in [5, 5.41) is 1.20. The van der Waals surface area contributed by atoms with Gasteiger partial charge in [0.1, 0.15) is 0 Å². The van der Waals surface area contributed by atoms with Gasteiger partial charge in [0.2, 0.25) is 0 Å². The van der Waals surface area contributed by atoms with Crippen molar-refractivity contribution in [2.75, 3.05) is 0 Å². The molecular formula is C10H12N2S. The van der Waals surface area contributed by atoms with Crippen LogP contribution in [0.2, 0.25) is 0 Å². The monoisotopic (exact) mass is 192 g/mol. The van der Waals surface area contributed by atoms with Crippen molar-refractivity contribution in [2.24, 2.45) is 0 Å². The maximum Gasteiger partial charge on any atom is 0.0964 e. The maximum atomic E-state index is 4.55. The molecule has 0 unspecified atom stereocenters. The van der Waals surface area contributed by atoms with E-state index in [1.807, 2.05) is 19.2 Å². The molecule has 0 atom stereocenters. The normalized spacial score (nSPS) is 11.4. The Labute approximate surface area is 81.7 Å². The summed E-state index contributed by atoms with van der Waals surface area (Å²) in [5.41, 5.74) is 2.12. The van der Waals surface area contributed by atoms with Crippen molar-refractivity contribution >= 4 is 21.6 Å². The minimum atomic E-state index is 0.512. The zero-order chi connectivity index (χ0) is 9.42. The van der Waals surface area contributed by atoms with Gasteiger partial charge >= 0.3 is 0 Å². The van der Waals surface area contributed by atoms with Crippen LogP contribution in [0.4, 0.5) is 0 Å². The number of hydrogen-bond donors (Lipinski definition) is 0. The number of thiazole rings is 1. The second-order valence-corrected chi connectivity index (χ2v) is 4.56. The van der Waals surface area contributed by atoms with E-state index in [4.69, 9.17) is 0 Å². The van der Waals surface area contributed by atoms with Gasteiger partial charge < -0.3 is 0 Å². The van der Waals surface area contributed by atoms with Crippen molar-refractivity contribution in [3.8, 4) is 0 Å². The average molecular weight is 192 g/mol. The molecule has 2 aromatic heterocycles. The quantitative estimate of drug-likeness (QED) is 0.693. The number of rotatable bonds is 1. The molecule has 0 aliphatic rings. The third kappa shape index (κ3) is 1.56. The molecule has 0 spiro atoms. The molecule has 0 bridgehead atoms. The predicted molar refractivity (Wildman–Crippen MR) is 56.2 cm³/mol. The van der Waals surface area contributed by atoms with Crippen molar-refractivity contribution in [1.82, 2.24) is 9.97 Å². The molecule has 2 rings (SSSR count). The number of hydrogen-bond acceptors (Lipinski definition) is 3. The van der Waals surface area contributed by atoms with E-state index in [0.717, 1.165) is 11.2 Å². The largest absolute Gasteiger partial charge is 0.260 e. The van der Waals surface area contributed by atoms with Gasteiger partial charge in [0.25, 0.3) is 0 Å². The number of aromatic nitrogens is 2. The van der Waals surface area contributed by atoms with E-state index >= 15 is 0 Å². The third-order valence-corrected chi connectivity index (χ3v) is 3.23. The summed E-state index contributed by atoms with van der Waals surface area (Å²) in [6.45, 7) is 6.32. The molecule has 0 aliphatic heterocycles. The van der Waals surface area contributed by atoms with Gasteiger partial charge in [0.05, 0.1) is 15.2 Å².